The van der Waals surface area contributed by atoms with Crippen LogP contribution in [0.4, 0.5) is 0 Å². The first kappa shape index (κ1) is 31.8. The third-order valence-corrected chi connectivity index (χ3v) is 12.0. The monoisotopic (exact) mass is 722 g/mol. The van der Waals surface area contributed by atoms with Gasteiger partial charge < -0.3 is 4.42 Å². The average molecular weight is 723 g/mol. The predicted octanol–water partition coefficient (Wildman–Crippen LogP) is 16.0. The molecule has 57 heavy (non-hydrogen) atoms. The van der Waals surface area contributed by atoms with Crippen LogP contribution in [0.1, 0.15) is 0 Å². The SMILES string of the molecule is c1ccc2c(-c3ccc4c(-c5cccc6ccccc56)c5cc(-c6cccc7ccccc67)ccc5c(-c5ccc6oc7ccccc7c6c5)c4c3)cccc2c1. The molecule has 0 aliphatic heterocycles. The fourth-order valence-corrected chi connectivity index (χ4v) is 9.44. The molecule has 264 valence electrons. The molecule has 0 aliphatic rings. The predicted molar refractivity (Wildman–Crippen MR) is 243 cm³/mol. The molecule has 0 N–H and O–H groups in total. The van der Waals surface area contributed by atoms with Crippen LogP contribution in [0.2, 0.25) is 0 Å². The summed E-state index contributed by atoms with van der Waals surface area (Å²) in [6, 6.07) is 75.6. The van der Waals surface area contributed by atoms with E-state index in [2.05, 4.69) is 200 Å². The number of benzene rings is 11. The number of para-hydroxylation sites is 1. The van der Waals surface area contributed by atoms with Crippen LogP contribution < -0.4 is 0 Å². The molecule has 0 spiro atoms. The fraction of sp³-hybridized carbons (Fsp3) is 0. The van der Waals surface area contributed by atoms with E-state index in [0.29, 0.717) is 0 Å². The summed E-state index contributed by atoms with van der Waals surface area (Å²) in [7, 11) is 0. The molecular formula is C56H34O. The first-order valence-electron chi connectivity index (χ1n) is 19.7. The van der Waals surface area contributed by atoms with Crippen LogP contribution in [-0.4, -0.2) is 0 Å². The Labute approximate surface area is 329 Å². The minimum atomic E-state index is 0.899. The van der Waals surface area contributed by atoms with E-state index < -0.39 is 0 Å². The lowest BCUT2D eigenvalue weighted by Crippen LogP contribution is -1.94. The summed E-state index contributed by atoms with van der Waals surface area (Å²) in [5.41, 5.74) is 11.6. The zero-order valence-electron chi connectivity index (χ0n) is 31.0. The summed E-state index contributed by atoms with van der Waals surface area (Å²) in [5, 5.41) is 14.6. The van der Waals surface area contributed by atoms with E-state index in [1.54, 1.807) is 0 Å². The van der Waals surface area contributed by atoms with Crippen molar-refractivity contribution in [3.8, 4) is 44.5 Å². The van der Waals surface area contributed by atoms with Crippen molar-refractivity contribution in [3.63, 3.8) is 0 Å². The maximum Gasteiger partial charge on any atom is 0.135 e. The van der Waals surface area contributed by atoms with Gasteiger partial charge in [0.1, 0.15) is 11.2 Å². The van der Waals surface area contributed by atoms with Crippen LogP contribution in [0, 0.1) is 0 Å². The third kappa shape index (κ3) is 4.96. The summed E-state index contributed by atoms with van der Waals surface area (Å²) in [6.07, 6.45) is 0. The highest BCUT2D eigenvalue weighted by atomic mass is 16.3. The average Bonchev–Trinajstić information content (AvgIpc) is 3.65. The Morgan fingerprint density at radius 1 is 0.228 bits per heavy atom. The van der Waals surface area contributed by atoms with Gasteiger partial charge in [0.2, 0.25) is 0 Å². The number of hydrogen-bond acceptors (Lipinski definition) is 1. The Morgan fingerprint density at radius 2 is 0.649 bits per heavy atom. The summed E-state index contributed by atoms with van der Waals surface area (Å²) in [4.78, 5) is 0. The lowest BCUT2D eigenvalue weighted by molar-refractivity contribution is 0.669. The molecule has 0 radical (unpaired) electrons. The molecule has 0 atom stereocenters. The molecule has 12 aromatic rings. The summed E-state index contributed by atoms with van der Waals surface area (Å²) >= 11 is 0. The Balaban J connectivity index is 1.25. The second-order valence-electron chi connectivity index (χ2n) is 15.2. The van der Waals surface area contributed by atoms with Gasteiger partial charge in [-0.2, -0.15) is 0 Å². The molecule has 12 rings (SSSR count). The zero-order chi connectivity index (χ0) is 37.5. The zero-order valence-corrected chi connectivity index (χ0v) is 31.0. The fourth-order valence-electron chi connectivity index (χ4n) is 9.44. The molecule has 0 saturated carbocycles. The second kappa shape index (κ2) is 12.5. The van der Waals surface area contributed by atoms with Crippen molar-refractivity contribution < 1.29 is 4.42 Å². The van der Waals surface area contributed by atoms with Crippen LogP contribution in [0.3, 0.4) is 0 Å². The number of furan rings is 1. The molecule has 1 nitrogen and oxygen atoms in total. The number of fused-ring (bicyclic) bond motifs is 8. The maximum atomic E-state index is 6.35. The van der Waals surface area contributed by atoms with Crippen molar-refractivity contribution in [1.82, 2.24) is 0 Å². The van der Waals surface area contributed by atoms with E-state index >= 15 is 0 Å². The molecule has 0 fully saturated rings. The highest BCUT2D eigenvalue weighted by Gasteiger charge is 2.21. The van der Waals surface area contributed by atoms with Crippen molar-refractivity contribution in [2.75, 3.05) is 0 Å². The quantitative estimate of drug-likeness (QED) is 0.165. The van der Waals surface area contributed by atoms with Crippen molar-refractivity contribution in [2.24, 2.45) is 0 Å². The van der Waals surface area contributed by atoms with Crippen LogP contribution in [0.15, 0.2) is 211 Å². The van der Waals surface area contributed by atoms with Gasteiger partial charge in [-0.3, -0.25) is 0 Å². The van der Waals surface area contributed by atoms with Gasteiger partial charge in [0, 0.05) is 10.8 Å². The molecule has 1 heterocycles. The largest absolute Gasteiger partial charge is 0.456 e. The van der Waals surface area contributed by atoms with E-state index in [1.807, 2.05) is 6.07 Å². The molecule has 0 saturated heterocycles. The standard InChI is InChI=1S/C56H34O/c1-4-18-41-35(12-1)15-9-22-44(41)38-27-30-49-51(32-38)55(40-28-31-54-50(34-40)46-21-7-8-25-53(46)57-54)48-29-26-39(45-23-10-16-36-13-2-5-19-42(36)45)33-52(48)56(49)47-24-11-17-37-14-3-6-20-43(37)47/h1-34H. The third-order valence-electron chi connectivity index (χ3n) is 12.0. The van der Waals surface area contributed by atoms with E-state index in [9.17, 15) is 0 Å². The molecule has 11 aromatic carbocycles. The minimum absolute atomic E-state index is 0.899. The minimum Gasteiger partial charge on any atom is -0.456 e. The Bertz CT molecular complexity index is 3570. The maximum absolute atomic E-state index is 6.35. The van der Waals surface area contributed by atoms with Crippen LogP contribution in [0.5, 0.6) is 0 Å². The molecule has 0 unspecified atom stereocenters. The van der Waals surface area contributed by atoms with Crippen LogP contribution in [-0.2, 0) is 0 Å². The van der Waals surface area contributed by atoms with E-state index in [4.69, 9.17) is 4.42 Å². The van der Waals surface area contributed by atoms with Gasteiger partial charge in [-0.25, -0.2) is 0 Å². The van der Waals surface area contributed by atoms with Crippen molar-refractivity contribution in [3.05, 3.63) is 206 Å². The molecule has 0 aliphatic carbocycles. The van der Waals surface area contributed by atoms with Crippen molar-refractivity contribution in [2.45, 2.75) is 0 Å². The second-order valence-corrected chi connectivity index (χ2v) is 15.2. The first-order valence-corrected chi connectivity index (χ1v) is 19.7. The molecule has 0 amide bonds. The van der Waals surface area contributed by atoms with Gasteiger partial charge in [0.05, 0.1) is 0 Å². The van der Waals surface area contributed by atoms with Gasteiger partial charge in [-0.05, 0) is 129 Å². The molecule has 1 aromatic heterocycles. The lowest BCUT2D eigenvalue weighted by Gasteiger charge is -2.21. The van der Waals surface area contributed by atoms with Crippen molar-refractivity contribution >= 4 is 75.8 Å². The van der Waals surface area contributed by atoms with Crippen molar-refractivity contribution in [1.29, 1.82) is 0 Å². The topological polar surface area (TPSA) is 13.1 Å². The molecule has 0 bridgehead atoms. The Kier molecular flexibility index (Phi) is 7.00. The van der Waals surface area contributed by atoms with Gasteiger partial charge in [0.15, 0.2) is 0 Å². The highest BCUT2D eigenvalue weighted by Crippen LogP contribution is 2.48. The van der Waals surface area contributed by atoms with Gasteiger partial charge in [-0.15, -0.1) is 0 Å². The smallest absolute Gasteiger partial charge is 0.135 e. The Hall–Kier alpha value is -7.48. The summed E-state index contributed by atoms with van der Waals surface area (Å²) in [6.45, 7) is 0. The lowest BCUT2D eigenvalue weighted by atomic mass is 9.82. The molecular weight excluding hydrogens is 689 g/mol. The van der Waals surface area contributed by atoms with Gasteiger partial charge in [0.25, 0.3) is 0 Å². The van der Waals surface area contributed by atoms with Gasteiger partial charge in [-0.1, -0.05) is 176 Å². The van der Waals surface area contributed by atoms with Gasteiger partial charge >= 0.3 is 0 Å². The van der Waals surface area contributed by atoms with E-state index in [0.717, 1.165) is 21.9 Å². The number of rotatable bonds is 4. The Morgan fingerprint density at radius 3 is 1.26 bits per heavy atom. The van der Waals surface area contributed by atoms with Crippen LogP contribution >= 0.6 is 0 Å². The first-order chi connectivity index (χ1) is 28.3. The highest BCUT2D eigenvalue weighted by molar-refractivity contribution is 6.25. The molecule has 1 heteroatoms. The summed E-state index contributed by atoms with van der Waals surface area (Å²) in [5.74, 6) is 0. The van der Waals surface area contributed by atoms with E-state index in [-0.39, 0.29) is 0 Å². The number of hydrogen-bond donors (Lipinski definition) is 0. The van der Waals surface area contributed by atoms with Crippen LogP contribution in [0.25, 0.3) is 120 Å². The normalized spacial score (nSPS) is 11.9. The summed E-state index contributed by atoms with van der Waals surface area (Å²) < 4.78 is 6.35. The van der Waals surface area contributed by atoms with E-state index in [1.165, 1.54) is 98.4 Å².